The summed E-state index contributed by atoms with van der Waals surface area (Å²) in [5, 5.41) is 2.78. The molecule has 0 saturated carbocycles. The first-order valence-electron chi connectivity index (χ1n) is 8.46. The fraction of sp³-hybridized carbons (Fsp3) is 0.500. The molecule has 0 saturated heterocycles. The number of carbonyl (C=O) groups is 1. The van der Waals surface area contributed by atoms with Gasteiger partial charge in [-0.15, -0.1) is 0 Å². The molecule has 1 amide bonds. The van der Waals surface area contributed by atoms with E-state index in [2.05, 4.69) is 5.32 Å². The van der Waals surface area contributed by atoms with Crippen LogP contribution in [0.4, 0.5) is 5.69 Å². The maximum absolute atomic E-state index is 13.0. The van der Waals surface area contributed by atoms with Gasteiger partial charge in [-0.2, -0.15) is 0 Å². The molecule has 1 atom stereocenters. The molecule has 26 heavy (non-hydrogen) atoms. The fourth-order valence-electron chi connectivity index (χ4n) is 3.09. The Labute approximate surface area is 155 Å². The number of nitrogens with one attached hydrogen (secondary N) is 1. The van der Waals surface area contributed by atoms with Crippen LogP contribution in [-0.4, -0.2) is 41.6 Å². The van der Waals surface area contributed by atoms with Crippen molar-refractivity contribution in [3.8, 4) is 11.5 Å². The monoisotopic (exact) mass is 382 g/mol. The highest BCUT2D eigenvalue weighted by Gasteiger charge is 2.38. The molecule has 2 rings (SSSR count). The lowest BCUT2D eigenvalue weighted by Crippen LogP contribution is -2.41. The van der Waals surface area contributed by atoms with Gasteiger partial charge < -0.3 is 14.8 Å². The predicted octanol–water partition coefficient (Wildman–Crippen LogP) is 2.52. The van der Waals surface area contributed by atoms with Gasteiger partial charge in [0.25, 0.3) is 15.9 Å². The number of sulfonamides is 1. The van der Waals surface area contributed by atoms with Crippen molar-refractivity contribution in [2.75, 3.05) is 25.6 Å². The molecule has 1 aliphatic heterocycles. The van der Waals surface area contributed by atoms with E-state index in [1.165, 1.54) is 21.3 Å². The van der Waals surface area contributed by atoms with E-state index in [0.717, 1.165) is 17.1 Å². The van der Waals surface area contributed by atoms with Crippen LogP contribution in [0.1, 0.15) is 39.2 Å². The zero-order chi connectivity index (χ0) is 19.6. The molecule has 1 N–H and O–H groups in total. The minimum Gasteiger partial charge on any atom is -0.493 e. The predicted molar refractivity (Wildman–Crippen MR) is 102 cm³/mol. The quantitative estimate of drug-likeness (QED) is 0.817. The molecule has 144 valence electrons. The SMILES string of the molecule is CCC[C@@H](C)NC(=O)C1=C(C)c2cc(OC)c(OC)cc2N(C)S1(=O)=O. The minimum absolute atomic E-state index is 0.111. The molecule has 7 nitrogen and oxygen atoms in total. The molecule has 1 aromatic carbocycles. The van der Waals surface area contributed by atoms with Gasteiger partial charge in [-0.1, -0.05) is 13.3 Å². The summed E-state index contributed by atoms with van der Waals surface area (Å²) in [6.45, 7) is 5.50. The van der Waals surface area contributed by atoms with E-state index in [0.29, 0.717) is 28.3 Å². The first kappa shape index (κ1) is 20.1. The van der Waals surface area contributed by atoms with Gasteiger partial charge in [-0.05, 0) is 31.9 Å². The first-order valence-corrected chi connectivity index (χ1v) is 9.90. The largest absolute Gasteiger partial charge is 0.493 e. The fourth-order valence-corrected chi connectivity index (χ4v) is 4.57. The van der Waals surface area contributed by atoms with E-state index < -0.39 is 15.9 Å². The Morgan fingerprint density at radius 2 is 1.81 bits per heavy atom. The second-order valence-electron chi connectivity index (χ2n) is 6.31. The van der Waals surface area contributed by atoms with Crippen LogP contribution in [0.2, 0.25) is 0 Å². The molecular formula is C18H26N2O5S. The zero-order valence-corrected chi connectivity index (χ0v) is 16.9. The third-order valence-corrected chi connectivity index (χ3v) is 6.43. The topological polar surface area (TPSA) is 84.9 Å². The Morgan fingerprint density at radius 3 is 2.35 bits per heavy atom. The highest BCUT2D eigenvalue weighted by atomic mass is 32.2. The normalized spacial score (nSPS) is 16.8. The number of nitrogens with zero attached hydrogens (tertiary/aromatic N) is 1. The van der Waals surface area contributed by atoms with Gasteiger partial charge >= 0.3 is 0 Å². The highest BCUT2D eigenvalue weighted by Crippen LogP contribution is 2.44. The van der Waals surface area contributed by atoms with Crippen molar-refractivity contribution in [2.45, 2.75) is 39.7 Å². The van der Waals surface area contributed by atoms with Gasteiger partial charge in [0.2, 0.25) is 0 Å². The van der Waals surface area contributed by atoms with E-state index in [4.69, 9.17) is 9.47 Å². The van der Waals surface area contributed by atoms with E-state index in [-0.39, 0.29) is 10.9 Å². The summed E-state index contributed by atoms with van der Waals surface area (Å²) in [7, 11) is 0.452. The summed E-state index contributed by atoms with van der Waals surface area (Å²) < 4.78 is 37.6. The summed E-state index contributed by atoms with van der Waals surface area (Å²) in [6.07, 6.45) is 1.67. The van der Waals surface area contributed by atoms with Gasteiger partial charge in [-0.3, -0.25) is 9.10 Å². The lowest BCUT2D eigenvalue weighted by Gasteiger charge is -2.30. The third-order valence-electron chi connectivity index (χ3n) is 4.51. The van der Waals surface area contributed by atoms with Crippen molar-refractivity contribution in [1.29, 1.82) is 0 Å². The lowest BCUT2D eigenvalue weighted by atomic mass is 10.0. The average Bonchev–Trinajstić information content (AvgIpc) is 2.58. The van der Waals surface area contributed by atoms with Crippen LogP contribution < -0.4 is 19.1 Å². The maximum atomic E-state index is 13.0. The number of hydrogen-bond acceptors (Lipinski definition) is 5. The highest BCUT2D eigenvalue weighted by molar-refractivity contribution is 7.97. The van der Waals surface area contributed by atoms with E-state index in [1.54, 1.807) is 19.1 Å². The number of ether oxygens (including phenoxy) is 2. The van der Waals surface area contributed by atoms with Crippen molar-refractivity contribution in [1.82, 2.24) is 5.32 Å². The lowest BCUT2D eigenvalue weighted by molar-refractivity contribution is -0.117. The van der Waals surface area contributed by atoms with Gasteiger partial charge in [-0.25, -0.2) is 8.42 Å². The first-order chi connectivity index (χ1) is 12.2. The van der Waals surface area contributed by atoms with Crippen molar-refractivity contribution >= 4 is 27.2 Å². The number of anilines is 1. The van der Waals surface area contributed by atoms with Crippen molar-refractivity contribution in [3.05, 3.63) is 22.6 Å². The van der Waals surface area contributed by atoms with Crippen LogP contribution in [0.15, 0.2) is 17.0 Å². The van der Waals surface area contributed by atoms with E-state index in [1.807, 2.05) is 13.8 Å². The molecule has 0 unspecified atom stereocenters. The molecule has 0 spiro atoms. The maximum Gasteiger partial charge on any atom is 0.269 e. The third kappa shape index (κ3) is 3.38. The molecule has 0 bridgehead atoms. The second-order valence-corrected chi connectivity index (χ2v) is 8.22. The number of hydrogen-bond donors (Lipinski definition) is 1. The van der Waals surface area contributed by atoms with Crippen LogP contribution in [0.5, 0.6) is 11.5 Å². The molecule has 1 aliphatic rings. The molecule has 0 aliphatic carbocycles. The minimum atomic E-state index is -3.96. The average molecular weight is 382 g/mol. The molecule has 0 radical (unpaired) electrons. The molecule has 0 fully saturated rings. The number of allylic oxidation sites excluding steroid dienone is 1. The number of carbonyl (C=O) groups excluding carboxylic acids is 1. The zero-order valence-electron chi connectivity index (χ0n) is 16.0. The summed E-state index contributed by atoms with van der Waals surface area (Å²) in [6, 6.07) is 3.18. The van der Waals surface area contributed by atoms with Gasteiger partial charge in [0.05, 0.1) is 19.9 Å². The van der Waals surface area contributed by atoms with Gasteiger partial charge in [0.15, 0.2) is 16.4 Å². The van der Waals surface area contributed by atoms with E-state index >= 15 is 0 Å². The Hall–Kier alpha value is -2.22. The van der Waals surface area contributed by atoms with Gasteiger partial charge in [0.1, 0.15) is 0 Å². The Bertz CT molecular complexity index is 845. The number of benzene rings is 1. The smallest absolute Gasteiger partial charge is 0.269 e. The molecular weight excluding hydrogens is 356 g/mol. The number of amides is 1. The van der Waals surface area contributed by atoms with Gasteiger partial charge in [0, 0.05) is 24.7 Å². The van der Waals surface area contributed by atoms with Crippen molar-refractivity contribution in [2.24, 2.45) is 0 Å². The Balaban J connectivity index is 2.63. The van der Waals surface area contributed by atoms with E-state index in [9.17, 15) is 13.2 Å². The van der Waals surface area contributed by atoms with Crippen LogP contribution in [-0.2, 0) is 14.8 Å². The standard InChI is InChI=1S/C18H26N2O5S/c1-7-8-11(2)19-18(21)17-12(3)13-9-15(24-5)16(25-6)10-14(13)20(4)26(17,22)23/h9-11H,7-8H2,1-6H3,(H,19,21)/t11-/m1/s1. The summed E-state index contributed by atoms with van der Waals surface area (Å²) in [5.41, 5.74) is 1.45. The Morgan fingerprint density at radius 1 is 1.23 bits per heavy atom. The van der Waals surface area contributed by atoms with Crippen LogP contribution >= 0.6 is 0 Å². The van der Waals surface area contributed by atoms with Crippen LogP contribution in [0, 0.1) is 0 Å². The number of rotatable bonds is 6. The second kappa shape index (κ2) is 7.57. The Kier molecular flexibility index (Phi) is 5.85. The van der Waals surface area contributed by atoms with Crippen molar-refractivity contribution in [3.63, 3.8) is 0 Å². The summed E-state index contributed by atoms with van der Waals surface area (Å²) in [4.78, 5) is 12.5. The molecule has 1 heterocycles. The summed E-state index contributed by atoms with van der Waals surface area (Å²) >= 11 is 0. The number of methoxy groups -OCH3 is 2. The summed E-state index contributed by atoms with van der Waals surface area (Å²) in [5.74, 6) is 0.304. The number of fused-ring (bicyclic) bond motifs is 1. The molecule has 8 heteroatoms. The van der Waals surface area contributed by atoms with Crippen LogP contribution in [0.25, 0.3) is 5.57 Å². The van der Waals surface area contributed by atoms with Crippen molar-refractivity contribution < 1.29 is 22.7 Å². The molecule has 0 aromatic heterocycles. The van der Waals surface area contributed by atoms with Crippen LogP contribution in [0.3, 0.4) is 0 Å². The molecule has 1 aromatic rings.